The molecule has 5 nitrogen and oxygen atoms in total. The Morgan fingerprint density at radius 2 is 2.21 bits per heavy atom. The van der Waals surface area contributed by atoms with Crippen molar-refractivity contribution < 1.29 is 9.59 Å². The van der Waals surface area contributed by atoms with E-state index in [9.17, 15) is 9.59 Å². The first-order chi connectivity index (χ1) is 9.13. The lowest BCUT2D eigenvalue weighted by Crippen LogP contribution is -2.39. The fourth-order valence-corrected chi connectivity index (χ4v) is 1.62. The smallest absolute Gasteiger partial charge is 0.239 e. The van der Waals surface area contributed by atoms with Crippen molar-refractivity contribution in [1.82, 2.24) is 15.2 Å². The number of carbonyl (C=O) groups is 2. The number of carbonyl (C=O) groups excluding carboxylic acids is 2. The first-order valence-corrected chi connectivity index (χ1v) is 6.54. The molecule has 1 rings (SSSR count). The second-order valence-corrected chi connectivity index (χ2v) is 4.44. The van der Waals surface area contributed by atoms with Gasteiger partial charge in [0.15, 0.2) is 0 Å². The van der Waals surface area contributed by atoms with Crippen molar-refractivity contribution in [3.05, 3.63) is 30.1 Å². The third kappa shape index (κ3) is 5.99. The molecule has 5 heteroatoms. The van der Waals surface area contributed by atoms with Crippen LogP contribution in [0.5, 0.6) is 0 Å². The van der Waals surface area contributed by atoms with Gasteiger partial charge in [-0.1, -0.05) is 19.4 Å². The van der Waals surface area contributed by atoms with E-state index in [0.717, 1.165) is 18.4 Å². The van der Waals surface area contributed by atoms with Crippen LogP contribution >= 0.6 is 0 Å². The lowest BCUT2D eigenvalue weighted by molar-refractivity contribution is -0.134. The number of hydrogen-bond acceptors (Lipinski definition) is 3. The van der Waals surface area contributed by atoms with Crippen molar-refractivity contribution >= 4 is 11.8 Å². The first kappa shape index (κ1) is 15.1. The summed E-state index contributed by atoms with van der Waals surface area (Å²) in [5.74, 6) is -0.234. The Hall–Kier alpha value is -1.91. The number of rotatable bonds is 7. The van der Waals surface area contributed by atoms with Crippen LogP contribution in [0.2, 0.25) is 0 Å². The molecule has 0 radical (unpaired) electrons. The molecule has 0 aliphatic rings. The summed E-state index contributed by atoms with van der Waals surface area (Å²) in [7, 11) is 0. The molecule has 1 heterocycles. The quantitative estimate of drug-likeness (QED) is 0.755. The number of unbranched alkanes of at least 4 members (excludes halogenated alkanes) is 1. The summed E-state index contributed by atoms with van der Waals surface area (Å²) in [6.45, 7) is 4.69. The van der Waals surface area contributed by atoms with Gasteiger partial charge in [0.25, 0.3) is 0 Å². The van der Waals surface area contributed by atoms with Gasteiger partial charge in [-0.25, -0.2) is 0 Å². The summed E-state index contributed by atoms with van der Waals surface area (Å²) in [4.78, 5) is 28.8. The molecule has 1 aromatic heterocycles. The molecule has 0 aliphatic carbocycles. The van der Waals surface area contributed by atoms with Crippen molar-refractivity contribution in [2.45, 2.75) is 33.2 Å². The molecule has 0 unspecified atom stereocenters. The average molecular weight is 263 g/mol. The molecular formula is C14H21N3O2. The summed E-state index contributed by atoms with van der Waals surface area (Å²) in [6, 6.07) is 3.70. The van der Waals surface area contributed by atoms with Crippen LogP contribution in [0.4, 0.5) is 0 Å². The standard InChI is InChI=1S/C14H21N3O2/c1-3-4-8-16-14(19)11-17(12(2)18)10-13-6-5-7-15-9-13/h5-7,9H,3-4,8,10-11H2,1-2H3,(H,16,19). The largest absolute Gasteiger partial charge is 0.355 e. The third-order valence-corrected chi connectivity index (χ3v) is 2.73. The van der Waals surface area contributed by atoms with Crippen LogP contribution < -0.4 is 5.32 Å². The van der Waals surface area contributed by atoms with Gasteiger partial charge in [-0.2, -0.15) is 0 Å². The van der Waals surface area contributed by atoms with E-state index >= 15 is 0 Å². The fraction of sp³-hybridized carbons (Fsp3) is 0.500. The molecule has 19 heavy (non-hydrogen) atoms. The molecule has 0 aliphatic heterocycles. The molecule has 0 fully saturated rings. The highest BCUT2D eigenvalue weighted by Crippen LogP contribution is 2.03. The van der Waals surface area contributed by atoms with Gasteiger partial charge in [0.2, 0.25) is 11.8 Å². The van der Waals surface area contributed by atoms with Gasteiger partial charge in [0.05, 0.1) is 6.54 Å². The topological polar surface area (TPSA) is 62.3 Å². The number of pyridine rings is 1. The Labute approximate surface area is 114 Å². The van der Waals surface area contributed by atoms with E-state index in [1.54, 1.807) is 12.4 Å². The van der Waals surface area contributed by atoms with Crippen molar-refractivity contribution in [2.24, 2.45) is 0 Å². The van der Waals surface area contributed by atoms with Gasteiger partial charge in [-0.3, -0.25) is 14.6 Å². The monoisotopic (exact) mass is 263 g/mol. The van der Waals surface area contributed by atoms with Gasteiger partial charge in [0.1, 0.15) is 0 Å². The summed E-state index contributed by atoms with van der Waals surface area (Å²) >= 11 is 0. The molecule has 0 saturated heterocycles. The van der Waals surface area contributed by atoms with Crippen LogP contribution in [0.25, 0.3) is 0 Å². The predicted molar refractivity (Wildman–Crippen MR) is 73.2 cm³/mol. The number of aromatic nitrogens is 1. The zero-order valence-electron chi connectivity index (χ0n) is 11.6. The normalized spacial score (nSPS) is 10.0. The lowest BCUT2D eigenvalue weighted by Gasteiger charge is -2.20. The molecule has 0 aromatic carbocycles. The van der Waals surface area contributed by atoms with Crippen LogP contribution in [-0.4, -0.2) is 34.8 Å². The molecule has 0 atom stereocenters. The molecule has 2 amide bonds. The maximum absolute atomic E-state index is 11.7. The van der Waals surface area contributed by atoms with Crippen molar-refractivity contribution in [3.63, 3.8) is 0 Å². The zero-order valence-corrected chi connectivity index (χ0v) is 11.6. The second kappa shape index (κ2) is 8.24. The minimum absolute atomic E-state index is 0.0912. The van der Waals surface area contributed by atoms with Crippen LogP contribution in [0.3, 0.4) is 0 Å². The van der Waals surface area contributed by atoms with Crippen molar-refractivity contribution in [1.29, 1.82) is 0 Å². The van der Waals surface area contributed by atoms with Gasteiger partial charge in [0, 0.05) is 32.4 Å². The zero-order chi connectivity index (χ0) is 14.1. The Morgan fingerprint density at radius 1 is 1.42 bits per heavy atom. The highest BCUT2D eigenvalue weighted by molar-refractivity contribution is 5.83. The van der Waals surface area contributed by atoms with E-state index in [1.807, 2.05) is 12.1 Å². The third-order valence-electron chi connectivity index (χ3n) is 2.73. The molecule has 1 aromatic rings. The molecule has 0 saturated carbocycles. The fourth-order valence-electron chi connectivity index (χ4n) is 1.62. The van der Waals surface area contributed by atoms with Crippen LogP contribution in [0.1, 0.15) is 32.3 Å². The number of nitrogens with zero attached hydrogens (tertiary/aromatic N) is 2. The highest BCUT2D eigenvalue weighted by atomic mass is 16.2. The molecular weight excluding hydrogens is 242 g/mol. The van der Waals surface area contributed by atoms with E-state index in [0.29, 0.717) is 13.1 Å². The van der Waals surface area contributed by atoms with E-state index in [-0.39, 0.29) is 18.4 Å². The maximum Gasteiger partial charge on any atom is 0.239 e. The average Bonchev–Trinajstić information content (AvgIpc) is 2.39. The molecule has 104 valence electrons. The van der Waals surface area contributed by atoms with Gasteiger partial charge in [-0.05, 0) is 18.1 Å². The summed E-state index contributed by atoms with van der Waals surface area (Å²) in [5, 5.41) is 2.81. The Bertz CT molecular complexity index is 406. The van der Waals surface area contributed by atoms with Crippen LogP contribution in [-0.2, 0) is 16.1 Å². The maximum atomic E-state index is 11.7. The number of hydrogen-bond donors (Lipinski definition) is 1. The second-order valence-electron chi connectivity index (χ2n) is 4.44. The predicted octanol–water partition coefficient (Wildman–Crippen LogP) is 1.35. The summed E-state index contributed by atoms with van der Waals surface area (Å²) in [5.41, 5.74) is 0.916. The van der Waals surface area contributed by atoms with E-state index < -0.39 is 0 Å². The van der Waals surface area contributed by atoms with Gasteiger partial charge < -0.3 is 10.2 Å². The van der Waals surface area contributed by atoms with E-state index in [1.165, 1.54) is 11.8 Å². The summed E-state index contributed by atoms with van der Waals surface area (Å²) < 4.78 is 0. The lowest BCUT2D eigenvalue weighted by atomic mass is 10.2. The van der Waals surface area contributed by atoms with Crippen LogP contribution in [0.15, 0.2) is 24.5 Å². The minimum Gasteiger partial charge on any atom is -0.355 e. The Balaban J connectivity index is 2.49. The highest BCUT2D eigenvalue weighted by Gasteiger charge is 2.13. The van der Waals surface area contributed by atoms with Crippen LogP contribution in [0, 0.1) is 0 Å². The van der Waals surface area contributed by atoms with E-state index in [4.69, 9.17) is 0 Å². The van der Waals surface area contributed by atoms with Crippen molar-refractivity contribution in [3.8, 4) is 0 Å². The van der Waals surface area contributed by atoms with Crippen molar-refractivity contribution in [2.75, 3.05) is 13.1 Å². The molecule has 1 N–H and O–H groups in total. The van der Waals surface area contributed by atoms with E-state index in [2.05, 4.69) is 17.2 Å². The van der Waals surface area contributed by atoms with Gasteiger partial charge >= 0.3 is 0 Å². The molecule has 0 spiro atoms. The van der Waals surface area contributed by atoms with Gasteiger partial charge in [-0.15, -0.1) is 0 Å². The summed E-state index contributed by atoms with van der Waals surface area (Å²) in [6.07, 6.45) is 5.37. The first-order valence-electron chi connectivity index (χ1n) is 6.54. The Kier molecular flexibility index (Phi) is 6.57. The minimum atomic E-state index is -0.118. The molecule has 0 bridgehead atoms. The number of nitrogens with one attached hydrogen (secondary N) is 1. The SMILES string of the molecule is CCCCNC(=O)CN(Cc1cccnc1)C(C)=O. The Morgan fingerprint density at radius 3 is 2.79 bits per heavy atom. The number of amides is 2.